The Bertz CT molecular complexity index is 1420. The summed E-state index contributed by atoms with van der Waals surface area (Å²) in [4.78, 5) is 4.38. The average molecular weight is 494 g/mol. The molecule has 0 amide bonds. The minimum Gasteiger partial charge on any atom is -0.464 e. The van der Waals surface area contributed by atoms with Gasteiger partial charge in [0, 0.05) is 31.1 Å². The molecule has 2 aliphatic rings. The fourth-order valence-electron chi connectivity index (χ4n) is 4.33. The quantitative estimate of drug-likeness (QED) is 0.556. The van der Waals surface area contributed by atoms with Crippen LogP contribution in [0.5, 0.6) is 0 Å². The molecule has 5 rings (SSSR count). The number of hydrogen-bond acceptors (Lipinski definition) is 7. The van der Waals surface area contributed by atoms with Gasteiger partial charge in [0.2, 0.25) is 10.0 Å². The Morgan fingerprint density at radius 3 is 2.45 bits per heavy atom. The number of halogens is 1. The number of benzene rings is 1. The molecular weight excluding hydrogens is 469 g/mol. The molecule has 1 aromatic carbocycles. The van der Waals surface area contributed by atoms with Gasteiger partial charge in [0.1, 0.15) is 17.2 Å². The zero-order chi connectivity index (χ0) is 23.4. The van der Waals surface area contributed by atoms with E-state index in [1.165, 1.54) is 18.4 Å². The van der Waals surface area contributed by atoms with Crippen molar-refractivity contribution < 1.29 is 25.6 Å². The van der Waals surface area contributed by atoms with Crippen molar-refractivity contribution in [3.8, 4) is 0 Å². The third-order valence-electron chi connectivity index (χ3n) is 6.34. The van der Waals surface area contributed by atoms with Gasteiger partial charge < -0.3 is 9.73 Å². The van der Waals surface area contributed by atoms with Crippen LogP contribution in [-0.4, -0.2) is 50.7 Å². The van der Waals surface area contributed by atoms with E-state index in [4.69, 9.17) is 4.42 Å². The van der Waals surface area contributed by atoms with Gasteiger partial charge in [-0.1, -0.05) is 0 Å². The molecule has 0 atom stereocenters. The van der Waals surface area contributed by atoms with E-state index in [0.717, 1.165) is 30.7 Å². The van der Waals surface area contributed by atoms with Crippen LogP contribution in [0.4, 0.5) is 15.9 Å². The van der Waals surface area contributed by atoms with Crippen LogP contribution in [0, 0.1) is 5.82 Å². The summed E-state index contributed by atoms with van der Waals surface area (Å²) in [6.07, 6.45) is 7.12. The predicted octanol–water partition coefficient (Wildman–Crippen LogP) is 3.79. The highest BCUT2D eigenvalue weighted by Crippen LogP contribution is 2.39. The average Bonchev–Trinajstić information content (AvgIpc) is 3.53. The lowest BCUT2D eigenvalue weighted by Crippen LogP contribution is -2.39. The molecule has 2 fully saturated rings. The maximum atomic E-state index is 14.5. The van der Waals surface area contributed by atoms with Crippen molar-refractivity contribution in [1.29, 1.82) is 0 Å². The van der Waals surface area contributed by atoms with Crippen molar-refractivity contribution in [1.82, 2.24) is 9.29 Å². The molecule has 1 aliphatic heterocycles. The Hall–Kier alpha value is -2.50. The molecule has 8 nitrogen and oxygen atoms in total. The molecule has 0 unspecified atom stereocenters. The first-order valence-corrected chi connectivity index (χ1v) is 14.2. The van der Waals surface area contributed by atoms with Crippen LogP contribution in [0.3, 0.4) is 0 Å². The number of sulfone groups is 1. The van der Waals surface area contributed by atoms with E-state index < -0.39 is 25.7 Å². The molecule has 3 heterocycles. The van der Waals surface area contributed by atoms with Crippen LogP contribution in [0.2, 0.25) is 0 Å². The predicted molar refractivity (Wildman–Crippen MR) is 122 cm³/mol. The molecule has 0 radical (unpaired) electrons. The first kappa shape index (κ1) is 22.3. The van der Waals surface area contributed by atoms with Gasteiger partial charge >= 0.3 is 0 Å². The summed E-state index contributed by atoms with van der Waals surface area (Å²) < 4.78 is 70.2. The molecule has 3 aromatic rings. The number of rotatable bonds is 6. The summed E-state index contributed by atoms with van der Waals surface area (Å²) in [6, 6.07) is 5.42. The van der Waals surface area contributed by atoms with Gasteiger partial charge in [-0.15, -0.1) is 0 Å². The zero-order valence-electron chi connectivity index (χ0n) is 18.0. The van der Waals surface area contributed by atoms with Gasteiger partial charge in [-0.3, -0.25) is 0 Å². The van der Waals surface area contributed by atoms with Gasteiger partial charge in [0.25, 0.3) is 0 Å². The first-order valence-electron chi connectivity index (χ1n) is 10.8. The molecule has 1 saturated heterocycles. The summed E-state index contributed by atoms with van der Waals surface area (Å²) >= 11 is 0. The summed E-state index contributed by atoms with van der Waals surface area (Å²) in [7, 11) is -6.69. The van der Waals surface area contributed by atoms with Crippen LogP contribution >= 0.6 is 0 Å². The van der Waals surface area contributed by atoms with E-state index >= 15 is 0 Å². The number of sulfonamides is 1. The molecule has 2 aromatic heterocycles. The van der Waals surface area contributed by atoms with Crippen molar-refractivity contribution >= 4 is 42.3 Å². The zero-order valence-corrected chi connectivity index (χ0v) is 19.6. The second-order valence-electron chi connectivity index (χ2n) is 8.68. The van der Waals surface area contributed by atoms with E-state index in [0.29, 0.717) is 42.7 Å². The largest absolute Gasteiger partial charge is 0.464 e. The Balaban J connectivity index is 1.37. The molecule has 1 aliphatic carbocycles. The minimum absolute atomic E-state index is 0.0997. The standard InChI is InChI=1S/C22H24FN3O5S2/c1-32(27,28)16-4-5-20(19(23)12-16)25-22-17-8-11-31-21(17)18(13-24-22)14-6-9-26(10-7-14)33(29,30)15-2-3-15/h4-5,8,11-15H,2-3,6-7,9-10H2,1H3,(H,24,25). The highest BCUT2D eigenvalue weighted by Gasteiger charge is 2.41. The lowest BCUT2D eigenvalue weighted by Gasteiger charge is -2.31. The molecule has 176 valence electrons. The van der Waals surface area contributed by atoms with E-state index in [2.05, 4.69) is 10.3 Å². The number of piperidine rings is 1. The lowest BCUT2D eigenvalue weighted by atomic mass is 9.90. The number of furan rings is 1. The van der Waals surface area contributed by atoms with Gasteiger partial charge in [0.05, 0.1) is 27.5 Å². The van der Waals surface area contributed by atoms with Crippen molar-refractivity contribution in [3.63, 3.8) is 0 Å². The van der Waals surface area contributed by atoms with Crippen LogP contribution in [-0.2, 0) is 19.9 Å². The third-order valence-corrected chi connectivity index (χ3v) is 9.85. The SMILES string of the molecule is CS(=O)(=O)c1ccc(Nc2ncc(C3CCN(S(=O)(=O)C4CC4)CC3)c3occc23)c(F)c1. The molecule has 0 bridgehead atoms. The van der Waals surface area contributed by atoms with Gasteiger partial charge in [-0.2, -0.15) is 0 Å². The molecular formula is C22H24FN3O5S2. The second-order valence-corrected chi connectivity index (χ2v) is 12.9. The van der Waals surface area contributed by atoms with Crippen LogP contribution < -0.4 is 5.32 Å². The minimum atomic E-state index is -3.51. The highest BCUT2D eigenvalue weighted by molar-refractivity contribution is 7.90. The fraction of sp³-hybridized carbons (Fsp3) is 0.409. The van der Waals surface area contributed by atoms with Gasteiger partial charge in [0.15, 0.2) is 9.84 Å². The summed E-state index contributed by atoms with van der Waals surface area (Å²) in [6.45, 7) is 0.952. The van der Waals surface area contributed by atoms with Crippen LogP contribution in [0.1, 0.15) is 37.2 Å². The number of aromatic nitrogens is 1. The van der Waals surface area contributed by atoms with E-state index in [9.17, 15) is 21.2 Å². The number of nitrogens with one attached hydrogen (secondary N) is 1. The number of fused-ring (bicyclic) bond motifs is 1. The van der Waals surface area contributed by atoms with Crippen LogP contribution in [0.25, 0.3) is 11.0 Å². The lowest BCUT2D eigenvalue weighted by molar-refractivity contribution is 0.318. The number of anilines is 2. The first-order chi connectivity index (χ1) is 15.6. The topological polar surface area (TPSA) is 110 Å². The van der Waals surface area contributed by atoms with Crippen molar-refractivity contribution in [2.24, 2.45) is 0 Å². The monoisotopic (exact) mass is 493 g/mol. The van der Waals surface area contributed by atoms with Crippen LogP contribution in [0.15, 0.2) is 46.0 Å². The third kappa shape index (κ3) is 4.24. The molecule has 1 saturated carbocycles. The number of hydrogen-bond donors (Lipinski definition) is 1. The Labute approximate surface area is 191 Å². The van der Waals surface area contributed by atoms with Gasteiger partial charge in [-0.25, -0.2) is 30.5 Å². The Kier molecular flexibility index (Phi) is 5.45. The number of pyridine rings is 1. The molecule has 0 spiro atoms. The molecule has 33 heavy (non-hydrogen) atoms. The van der Waals surface area contributed by atoms with Crippen molar-refractivity contribution in [3.05, 3.63) is 48.1 Å². The molecule has 1 N–H and O–H groups in total. The Morgan fingerprint density at radius 2 is 1.82 bits per heavy atom. The number of nitrogens with zero attached hydrogens (tertiary/aromatic N) is 2. The summed E-state index contributed by atoms with van der Waals surface area (Å²) in [5.41, 5.74) is 1.63. The van der Waals surface area contributed by atoms with Crippen molar-refractivity contribution in [2.45, 2.75) is 41.7 Å². The summed E-state index contributed by atoms with van der Waals surface area (Å²) in [5.74, 6) is -0.205. The maximum Gasteiger partial charge on any atom is 0.216 e. The van der Waals surface area contributed by atoms with E-state index in [1.807, 2.05) is 0 Å². The van der Waals surface area contributed by atoms with Crippen molar-refractivity contribution in [2.75, 3.05) is 24.7 Å². The van der Waals surface area contributed by atoms with E-state index in [-0.39, 0.29) is 21.8 Å². The maximum absolute atomic E-state index is 14.5. The highest BCUT2D eigenvalue weighted by atomic mass is 32.2. The van der Waals surface area contributed by atoms with E-state index in [1.54, 1.807) is 16.6 Å². The summed E-state index contributed by atoms with van der Waals surface area (Å²) in [5, 5.41) is 3.40. The fourth-order valence-corrected chi connectivity index (χ4v) is 6.83. The second kappa shape index (κ2) is 8.07. The molecule has 11 heteroatoms. The Morgan fingerprint density at radius 1 is 1.09 bits per heavy atom. The van der Waals surface area contributed by atoms with Gasteiger partial charge in [-0.05, 0) is 55.9 Å². The normalized spacial score (nSPS) is 18.6. The smallest absolute Gasteiger partial charge is 0.216 e.